The third-order valence-corrected chi connectivity index (χ3v) is 3.68. The van der Waals surface area contributed by atoms with E-state index in [9.17, 15) is 4.79 Å². The Hall–Kier alpha value is -2.74. The number of aromatic nitrogens is 4. The van der Waals surface area contributed by atoms with Crippen molar-refractivity contribution in [2.75, 3.05) is 24.3 Å². The van der Waals surface area contributed by atoms with Gasteiger partial charge in [0, 0.05) is 24.8 Å². The first-order valence-corrected chi connectivity index (χ1v) is 7.94. The average molecular weight is 387 g/mol. The van der Waals surface area contributed by atoms with Gasteiger partial charge < -0.3 is 10.2 Å². The summed E-state index contributed by atoms with van der Waals surface area (Å²) >= 11 is 3.42. The molecule has 0 fully saturated rings. The number of nitrogens with zero attached hydrogens (tertiary/aromatic N) is 5. The molecule has 122 valence electrons. The first kappa shape index (κ1) is 16.1. The highest BCUT2D eigenvalue weighted by Gasteiger charge is 2.11. The van der Waals surface area contributed by atoms with Crippen molar-refractivity contribution in [2.24, 2.45) is 0 Å². The van der Waals surface area contributed by atoms with E-state index >= 15 is 0 Å². The van der Waals surface area contributed by atoms with Crippen molar-refractivity contribution in [2.45, 2.75) is 0 Å². The summed E-state index contributed by atoms with van der Waals surface area (Å²) in [6.45, 7) is 0. The molecule has 0 saturated carbocycles. The van der Waals surface area contributed by atoms with E-state index in [1.165, 1.54) is 0 Å². The number of hydrogen-bond donors (Lipinski definition) is 1. The van der Waals surface area contributed by atoms with Gasteiger partial charge in [-0.3, -0.25) is 4.79 Å². The number of halogens is 1. The lowest BCUT2D eigenvalue weighted by Gasteiger charge is -2.09. The zero-order chi connectivity index (χ0) is 17.1. The second-order valence-corrected chi connectivity index (χ2v) is 6.16. The molecule has 0 spiro atoms. The minimum atomic E-state index is -0.315. The molecule has 24 heavy (non-hydrogen) atoms. The van der Waals surface area contributed by atoms with Crippen molar-refractivity contribution in [1.82, 2.24) is 19.7 Å². The Balaban J connectivity index is 1.74. The van der Waals surface area contributed by atoms with E-state index in [-0.39, 0.29) is 5.91 Å². The Morgan fingerprint density at radius 2 is 1.96 bits per heavy atom. The van der Waals surface area contributed by atoms with Crippen LogP contribution in [-0.2, 0) is 0 Å². The number of amides is 1. The van der Waals surface area contributed by atoms with Gasteiger partial charge in [-0.1, -0.05) is 22.0 Å². The van der Waals surface area contributed by atoms with Gasteiger partial charge in [0.1, 0.15) is 0 Å². The maximum Gasteiger partial charge on any atom is 0.276 e. The third-order valence-electron chi connectivity index (χ3n) is 3.19. The molecule has 0 aliphatic heterocycles. The fraction of sp³-hybridized carbons (Fsp3) is 0.125. The lowest BCUT2D eigenvalue weighted by Crippen LogP contribution is -2.15. The van der Waals surface area contributed by atoms with Gasteiger partial charge >= 0.3 is 0 Å². The predicted molar refractivity (Wildman–Crippen MR) is 95.6 cm³/mol. The first-order chi connectivity index (χ1) is 11.5. The summed E-state index contributed by atoms with van der Waals surface area (Å²) in [7, 11) is 3.70. The van der Waals surface area contributed by atoms with E-state index in [0.29, 0.717) is 17.3 Å². The van der Waals surface area contributed by atoms with Gasteiger partial charge in [0.2, 0.25) is 5.95 Å². The molecular formula is C16H15BrN6O. The van der Waals surface area contributed by atoms with Gasteiger partial charge in [-0.05, 0) is 24.3 Å². The van der Waals surface area contributed by atoms with E-state index in [1.807, 2.05) is 38.4 Å². The Labute approximate surface area is 147 Å². The molecule has 7 nitrogen and oxygen atoms in total. The van der Waals surface area contributed by atoms with Gasteiger partial charge in [0.25, 0.3) is 5.91 Å². The number of hydrogen-bond acceptors (Lipinski definition) is 5. The second kappa shape index (κ2) is 6.79. The predicted octanol–water partition coefficient (Wildman–Crippen LogP) is 2.74. The van der Waals surface area contributed by atoms with E-state index in [4.69, 9.17) is 0 Å². The van der Waals surface area contributed by atoms with Crippen LogP contribution >= 0.6 is 15.9 Å². The number of anilines is 2. The topological polar surface area (TPSA) is 75.9 Å². The number of carbonyl (C=O) groups excluding carboxylic acids is 1. The van der Waals surface area contributed by atoms with Gasteiger partial charge in [-0.25, -0.2) is 14.6 Å². The molecule has 2 heterocycles. The van der Waals surface area contributed by atoms with Crippen LogP contribution in [0.25, 0.3) is 5.69 Å². The Kier molecular flexibility index (Phi) is 4.57. The van der Waals surface area contributed by atoms with Crippen molar-refractivity contribution in [3.63, 3.8) is 0 Å². The van der Waals surface area contributed by atoms with Gasteiger partial charge in [-0.2, -0.15) is 5.10 Å². The quantitative estimate of drug-likeness (QED) is 0.745. The minimum absolute atomic E-state index is 0.312. The normalized spacial score (nSPS) is 10.5. The number of benzene rings is 1. The van der Waals surface area contributed by atoms with Crippen LogP contribution in [0.4, 0.5) is 11.6 Å². The fourth-order valence-electron chi connectivity index (χ4n) is 2.02. The van der Waals surface area contributed by atoms with Crippen LogP contribution in [0.2, 0.25) is 0 Å². The first-order valence-electron chi connectivity index (χ1n) is 7.15. The number of rotatable bonds is 4. The molecular weight excluding hydrogens is 372 g/mol. The second-order valence-electron chi connectivity index (χ2n) is 5.25. The Bertz CT molecular complexity index is 859. The summed E-state index contributed by atoms with van der Waals surface area (Å²) in [5.74, 6) is 0.261. The summed E-state index contributed by atoms with van der Waals surface area (Å²) in [5, 5.41) is 7.03. The average Bonchev–Trinajstić information content (AvgIpc) is 3.05. The molecule has 8 heteroatoms. The molecule has 3 aromatic rings. The summed E-state index contributed by atoms with van der Waals surface area (Å²) in [5.41, 5.74) is 1.69. The highest BCUT2D eigenvalue weighted by molar-refractivity contribution is 9.10. The molecule has 0 saturated heterocycles. The smallest absolute Gasteiger partial charge is 0.276 e. The van der Waals surface area contributed by atoms with Crippen LogP contribution in [0.1, 0.15) is 10.5 Å². The maximum absolute atomic E-state index is 12.3. The van der Waals surface area contributed by atoms with Crippen LogP contribution in [0.5, 0.6) is 0 Å². The monoisotopic (exact) mass is 386 g/mol. The summed E-state index contributed by atoms with van der Waals surface area (Å²) in [4.78, 5) is 22.4. The van der Waals surface area contributed by atoms with Crippen molar-refractivity contribution in [3.8, 4) is 5.69 Å². The van der Waals surface area contributed by atoms with Crippen molar-refractivity contribution in [1.29, 1.82) is 0 Å². The maximum atomic E-state index is 12.3. The van der Waals surface area contributed by atoms with Crippen LogP contribution < -0.4 is 10.2 Å². The van der Waals surface area contributed by atoms with Crippen molar-refractivity contribution in [3.05, 3.63) is 59.1 Å². The SMILES string of the molecule is CN(C)c1ncc(NC(=O)c2ccn(-c3cccc(Br)c3)n2)cn1. The van der Waals surface area contributed by atoms with E-state index in [0.717, 1.165) is 10.2 Å². The summed E-state index contributed by atoms with van der Waals surface area (Å²) < 4.78 is 2.59. The molecule has 0 radical (unpaired) electrons. The van der Waals surface area contributed by atoms with Crippen LogP contribution in [-0.4, -0.2) is 39.8 Å². The van der Waals surface area contributed by atoms with Gasteiger partial charge in [-0.15, -0.1) is 0 Å². The van der Waals surface area contributed by atoms with Crippen molar-refractivity contribution < 1.29 is 4.79 Å². The minimum Gasteiger partial charge on any atom is -0.347 e. The lowest BCUT2D eigenvalue weighted by molar-refractivity contribution is 0.102. The molecule has 0 atom stereocenters. The zero-order valence-electron chi connectivity index (χ0n) is 13.1. The molecule has 0 bridgehead atoms. The molecule has 0 aliphatic carbocycles. The molecule has 0 aliphatic rings. The highest BCUT2D eigenvalue weighted by atomic mass is 79.9. The number of nitrogens with one attached hydrogen (secondary N) is 1. The fourth-order valence-corrected chi connectivity index (χ4v) is 2.41. The van der Waals surface area contributed by atoms with E-state index in [1.54, 1.807) is 34.2 Å². The third kappa shape index (κ3) is 3.60. The van der Waals surface area contributed by atoms with Crippen LogP contribution in [0, 0.1) is 0 Å². The molecule has 1 aromatic carbocycles. The molecule has 1 N–H and O–H groups in total. The molecule has 3 rings (SSSR count). The largest absolute Gasteiger partial charge is 0.347 e. The molecule has 2 aromatic heterocycles. The van der Waals surface area contributed by atoms with E-state index in [2.05, 4.69) is 36.3 Å². The standard InChI is InChI=1S/C16H15BrN6O/c1-22(2)16-18-9-12(10-19-16)20-15(24)14-6-7-23(21-14)13-5-3-4-11(17)8-13/h3-10H,1-2H3,(H,20,24). The van der Waals surface area contributed by atoms with Crippen LogP contribution in [0.3, 0.4) is 0 Å². The highest BCUT2D eigenvalue weighted by Crippen LogP contribution is 2.15. The van der Waals surface area contributed by atoms with E-state index < -0.39 is 0 Å². The Morgan fingerprint density at radius 3 is 2.62 bits per heavy atom. The number of carbonyl (C=O) groups is 1. The lowest BCUT2D eigenvalue weighted by atomic mass is 10.3. The summed E-state index contributed by atoms with van der Waals surface area (Å²) in [6.07, 6.45) is 4.86. The molecule has 1 amide bonds. The zero-order valence-corrected chi connectivity index (χ0v) is 14.7. The summed E-state index contributed by atoms with van der Waals surface area (Å²) in [6, 6.07) is 9.32. The molecule has 0 unspecified atom stereocenters. The van der Waals surface area contributed by atoms with Crippen LogP contribution in [0.15, 0.2) is 53.4 Å². The van der Waals surface area contributed by atoms with Gasteiger partial charge in [0.05, 0.1) is 23.8 Å². The van der Waals surface area contributed by atoms with Gasteiger partial charge in [0.15, 0.2) is 5.69 Å². The van der Waals surface area contributed by atoms with Crippen molar-refractivity contribution >= 4 is 33.5 Å². The Morgan fingerprint density at radius 1 is 1.21 bits per heavy atom.